The van der Waals surface area contributed by atoms with E-state index in [1.807, 2.05) is 24.3 Å². The van der Waals surface area contributed by atoms with E-state index < -0.39 is 5.49 Å². The monoisotopic (exact) mass is 778 g/mol. The molecule has 212 valence electrons. The van der Waals surface area contributed by atoms with Crippen LogP contribution in [0.2, 0.25) is 0 Å². The molecule has 0 heterocycles. The van der Waals surface area contributed by atoms with Crippen LogP contribution in [0.25, 0.3) is 22.3 Å². The summed E-state index contributed by atoms with van der Waals surface area (Å²) in [5.74, 6) is -0.374. The number of rotatable bonds is 4. The van der Waals surface area contributed by atoms with Crippen LogP contribution in [0.4, 0.5) is 8.78 Å². The molecule has 0 radical (unpaired) electrons. The van der Waals surface area contributed by atoms with E-state index in [9.17, 15) is 8.78 Å². The maximum atomic E-state index is 12.6. The molecular weight excluding hydrogens is 748 g/mol. The van der Waals surface area contributed by atoms with Gasteiger partial charge in [0.25, 0.3) is 0 Å². The summed E-state index contributed by atoms with van der Waals surface area (Å²) in [5, 5.41) is 3.07. The zero-order chi connectivity index (χ0) is 28.3. The number of hydrogen-bond donors (Lipinski definition) is 0. The topological polar surface area (TPSA) is 0 Å². The van der Waals surface area contributed by atoms with Gasteiger partial charge in [-0.05, 0) is 0 Å². The Morgan fingerprint density at radius 2 is 0.810 bits per heavy atom. The number of benzene rings is 4. The van der Waals surface area contributed by atoms with Crippen LogP contribution in [-0.2, 0) is 23.0 Å². The average Bonchev–Trinajstić information content (AvgIpc) is 3.63. The van der Waals surface area contributed by atoms with Crippen molar-refractivity contribution in [2.24, 2.45) is 0 Å². The molecule has 0 atom stereocenters. The summed E-state index contributed by atoms with van der Waals surface area (Å²) in [7, 11) is 0. The molecule has 0 saturated heterocycles. The molecule has 0 spiro atoms. The Morgan fingerprint density at radius 3 is 1.10 bits per heavy atom. The molecule has 0 aliphatic heterocycles. The molecule has 6 aromatic carbocycles. The predicted octanol–water partition coefficient (Wildman–Crippen LogP) is 2.39. The quantitative estimate of drug-likeness (QED) is 0.191. The second kappa shape index (κ2) is 17.9. The first kappa shape index (κ1) is 35.3. The van der Waals surface area contributed by atoms with E-state index in [4.69, 9.17) is 0 Å². The van der Waals surface area contributed by atoms with Crippen LogP contribution in [0.1, 0.15) is 11.1 Å². The maximum absolute atomic E-state index is 12.6. The van der Waals surface area contributed by atoms with Crippen molar-refractivity contribution in [1.82, 2.24) is 0 Å². The Hall–Kier alpha value is -2.89. The Morgan fingerprint density at radius 1 is 0.476 bits per heavy atom. The van der Waals surface area contributed by atoms with Gasteiger partial charge in [-0.2, -0.15) is 12.1 Å². The van der Waals surface area contributed by atoms with Gasteiger partial charge in [-0.15, -0.1) is 70.8 Å². The van der Waals surface area contributed by atoms with Crippen molar-refractivity contribution in [3.8, 4) is 22.3 Å². The van der Waals surface area contributed by atoms with Crippen molar-refractivity contribution in [3.63, 3.8) is 0 Å². The van der Waals surface area contributed by atoms with E-state index in [-0.39, 0.29) is 36.4 Å². The Bertz CT molecular complexity index is 1500. The molecule has 0 aliphatic carbocycles. The van der Waals surface area contributed by atoms with Crippen molar-refractivity contribution in [1.29, 1.82) is 0 Å². The summed E-state index contributed by atoms with van der Waals surface area (Å²) in [4.78, 5) is 0. The van der Waals surface area contributed by atoms with Gasteiger partial charge in [0.1, 0.15) is 11.6 Å². The van der Waals surface area contributed by atoms with Gasteiger partial charge in [0, 0.05) is 0 Å². The van der Waals surface area contributed by atoms with Gasteiger partial charge in [0.05, 0.1) is 0 Å². The minimum absolute atomic E-state index is 0. The third-order valence-corrected chi connectivity index (χ3v) is 14.5. The molecule has 6 rings (SSSR count). The number of hydrogen-bond acceptors (Lipinski definition) is 0. The van der Waals surface area contributed by atoms with E-state index in [0.717, 1.165) is 11.1 Å². The molecule has 0 saturated carbocycles. The van der Waals surface area contributed by atoms with Gasteiger partial charge in [-0.25, -0.2) is 8.78 Å². The molecule has 0 amide bonds. The molecule has 0 aromatic heterocycles. The summed E-state index contributed by atoms with van der Waals surface area (Å²) in [6.45, 7) is 4.11. The third-order valence-electron chi connectivity index (χ3n) is 6.50. The van der Waals surface area contributed by atoms with Crippen LogP contribution >= 0.6 is 0 Å². The molecule has 42 heavy (non-hydrogen) atoms. The van der Waals surface area contributed by atoms with Crippen molar-refractivity contribution in [2.45, 2.75) is 13.8 Å². The SMILES string of the molecule is Cc1ccc[c-]1-c1ccc(F)cc1.Cc1ccc[c-]1-c1ccc(F)cc1.[Cl-].[Cl-].[Hf+2]=[Si](c1ccccc1)c1ccccc1. The Labute approximate surface area is 275 Å². The Balaban J connectivity index is 0.000000215. The van der Waals surface area contributed by atoms with Gasteiger partial charge in [-0.1, -0.05) is 49.2 Å². The molecule has 0 nitrogen and oxygen atoms in total. The van der Waals surface area contributed by atoms with Crippen LogP contribution in [0.5, 0.6) is 0 Å². The van der Waals surface area contributed by atoms with Gasteiger partial charge in [-0.3, -0.25) is 0 Å². The molecule has 0 unspecified atom stereocenters. The van der Waals surface area contributed by atoms with Gasteiger partial charge < -0.3 is 24.8 Å². The summed E-state index contributed by atoms with van der Waals surface area (Å²) in [6, 6.07) is 47.1. The van der Waals surface area contributed by atoms with Gasteiger partial charge >= 0.3 is 99.5 Å². The molecule has 0 aliphatic rings. The number of aryl methyl sites for hydroxylation is 2. The fraction of sp³-hybridized carbons (Fsp3) is 0.0556. The van der Waals surface area contributed by atoms with Crippen LogP contribution in [-0.4, -0.2) is 5.49 Å². The van der Waals surface area contributed by atoms with Crippen LogP contribution in [0.3, 0.4) is 0 Å². The fourth-order valence-electron chi connectivity index (χ4n) is 4.30. The average molecular weight is 778 g/mol. The van der Waals surface area contributed by atoms with E-state index >= 15 is 0 Å². The molecule has 0 bridgehead atoms. The van der Waals surface area contributed by atoms with E-state index in [0.29, 0.717) is 0 Å². The summed E-state index contributed by atoms with van der Waals surface area (Å²) < 4.78 is 25.3. The standard InChI is InChI=1S/2C12H10F.C12H10Si.2ClH.Hf/c2*1-9-3-2-4-12(9)10-5-7-11(13)8-6-10;1-3-7-11(8-4-1)13-12-9-5-2-6-10-12;;;/h2*2-8H,1H3;1-10H;2*1H;/q2*-1;;;;+2/p-2. The van der Waals surface area contributed by atoms with Crippen LogP contribution < -0.4 is 35.2 Å². The molecule has 6 aromatic rings. The summed E-state index contributed by atoms with van der Waals surface area (Å²) in [6.07, 6.45) is 0. The minimum atomic E-state index is -0.406. The predicted molar refractivity (Wildman–Crippen MR) is 162 cm³/mol. The fourth-order valence-corrected chi connectivity index (χ4v) is 9.28. The van der Waals surface area contributed by atoms with E-state index in [1.54, 1.807) is 24.3 Å². The van der Waals surface area contributed by atoms with Crippen LogP contribution in [0, 0.1) is 25.5 Å². The summed E-state index contributed by atoms with van der Waals surface area (Å²) >= 11 is 1.27. The normalized spacial score (nSPS) is 9.67. The van der Waals surface area contributed by atoms with Gasteiger partial charge in [0.15, 0.2) is 0 Å². The molecule has 0 N–H and O–H groups in total. The first-order chi connectivity index (χ1) is 19.4. The van der Waals surface area contributed by atoms with Crippen LogP contribution in [0.15, 0.2) is 146 Å². The molecular formula is C36H30Cl2F2HfSi-2. The Kier molecular flexibility index (Phi) is 15.1. The zero-order valence-corrected chi connectivity index (χ0v) is 29.5. The first-order valence-corrected chi connectivity index (χ1v) is 20.0. The van der Waals surface area contributed by atoms with Crippen molar-refractivity contribution >= 4 is 15.9 Å². The number of halogens is 4. The zero-order valence-electron chi connectivity index (χ0n) is 23.4. The molecule has 6 heteroatoms. The summed E-state index contributed by atoms with van der Waals surface area (Å²) in [5.41, 5.74) is 6.56. The van der Waals surface area contributed by atoms with E-state index in [1.165, 1.54) is 79.9 Å². The first-order valence-electron chi connectivity index (χ1n) is 13.1. The van der Waals surface area contributed by atoms with E-state index in [2.05, 4.69) is 86.6 Å². The second-order valence-corrected chi connectivity index (χ2v) is 16.7. The van der Waals surface area contributed by atoms with Crippen molar-refractivity contribution in [3.05, 3.63) is 168 Å². The van der Waals surface area contributed by atoms with Crippen molar-refractivity contribution < 1.29 is 56.6 Å². The third kappa shape index (κ3) is 10.1. The second-order valence-electron chi connectivity index (χ2n) is 9.37. The molecule has 0 fully saturated rings. The van der Waals surface area contributed by atoms with Crippen molar-refractivity contribution in [2.75, 3.05) is 0 Å². The van der Waals surface area contributed by atoms with Gasteiger partial charge in [0.2, 0.25) is 0 Å².